The SMILES string of the molecule is CCn1ncc2c1CCC[C@@H]2N[C@H](C)C(=O)Nc1cc(C)no1. The Morgan fingerprint density at radius 3 is 3.09 bits per heavy atom. The van der Waals surface area contributed by atoms with Crippen LogP contribution in [-0.2, 0) is 17.8 Å². The summed E-state index contributed by atoms with van der Waals surface area (Å²) in [6.07, 6.45) is 5.10. The van der Waals surface area contributed by atoms with Crippen LogP contribution in [0.15, 0.2) is 16.8 Å². The van der Waals surface area contributed by atoms with Crippen molar-refractivity contribution in [3.63, 3.8) is 0 Å². The molecule has 7 heteroatoms. The van der Waals surface area contributed by atoms with Crippen LogP contribution < -0.4 is 10.6 Å². The molecular weight excluding hydrogens is 294 g/mol. The van der Waals surface area contributed by atoms with Crippen LogP contribution >= 0.6 is 0 Å². The minimum absolute atomic E-state index is 0.129. The molecule has 7 nitrogen and oxygen atoms in total. The van der Waals surface area contributed by atoms with E-state index in [1.54, 1.807) is 6.07 Å². The van der Waals surface area contributed by atoms with Gasteiger partial charge in [0, 0.05) is 29.9 Å². The molecule has 0 saturated heterocycles. The smallest absolute Gasteiger partial charge is 0.243 e. The molecule has 2 heterocycles. The first-order chi connectivity index (χ1) is 11.1. The van der Waals surface area contributed by atoms with Gasteiger partial charge in [-0.2, -0.15) is 5.10 Å². The van der Waals surface area contributed by atoms with E-state index in [9.17, 15) is 4.79 Å². The normalized spacial score (nSPS) is 18.5. The second-order valence-corrected chi connectivity index (χ2v) is 6.02. The van der Waals surface area contributed by atoms with Gasteiger partial charge >= 0.3 is 0 Å². The second-order valence-electron chi connectivity index (χ2n) is 6.02. The molecule has 3 rings (SSSR count). The minimum atomic E-state index is -0.332. The molecule has 0 unspecified atom stereocenters. The Labute approximate surface area is 135 Å². The highest BCUT2D eigenvalue weighted by molar-refractivity contribution is 5.93. The Morgan fingerprint density at radius 1 is 1.57 bits per heavy atom. The molecule has 1 aliphatic rings. The zero-order valence-corrected chi connectivity index (χ0v) is 13.8. The van der Waals surface area contributed by atoms with Gasteiger partial charge in [-0.3, -0.25) is 20.1 Å². The van der Waals surface area contributed by atoms with Crippen LogP contribution in [0.1, 0.15) is 49.7 Å². The third kappa shape index (κ3) is 3.29. The van der Waals surface area contributed by atoms with Crippen molar-refractivity contribution in [2.75, 3.05) is 5.32 Å². The molecule has 0 spiro atoms. The number of amides is 1. The van der Waals surface area contributed by atoms with Crippen molar-refractivity contribution in [1.29, 1.82) is 0 Å². The Bertz CT molecular complexity index is 690. The number of nitrogens with zero attached hydrogens (tertiary/aromatic N) is 3. The topological polar surface area (TPSA) is 85.0 Å². The monoisotopic (exact) mass is 317 g/mol. The first-order valence-corrected chi connectivity index (χ1v) is 8.13. The molecule has 0 bridgehead atoms. The van der Waals surface area contributed by atoms with Crippen molar-refractivity contribution in [3.05, 3.63) is 29.2 Å². The number of hydrogen-bond acceptors (Lipinski definition) is 5. The van der Waals surface area contributed by atoms with Gasteiger partial charge in [0.15, 0.2) is 0 Å². The number of aryl methyl sites for hydroxylation is 2. The maximum absolute atomic E-state index is 12.3. The third-order valence-corrected chi connectivity index (χ3v) is 4.28. The summed E-state index contributed by atoms with van der Waals surface area (Å²) in [7, 11) is 0. The summed E-state index contributed by atoms with van der Waals surface area (Å²) in [5.41, 5.74) is 3.24. The predicted molar refractivity (Wildman–Crippen MR) is 86.0 cm³/mol. The van der Waals surface area contributed by atoms with Crippen LogP contribution in [0.4, 0.5) is 5.88 Å². The van der Waals surface area contributed by atoms with E-state index in [1.807, 2.05) is 24.7 Å². The summed E-state index contributed by atoms with van der Waals surface area (Å²) >= 11 is 0. The molecule has 23 heavy (non-hydrogen) atoms. The highest BCUT2D eigenvalue weighted by Gasteiger charge is 2.27. The summed E-state index contributed by atoms with van der Waals surface area (Å²) in [5.74, 6) is 0.250. The van der Waals surface area contributed by atoms with Crippen molar-refractivity contribution >= 4 is 11.8 Å². The van der Waals surface area contributed by atoms with Crippen LogP contribution in [0.3, 0.4) is 0 Å². The zero-order chi connectivity index (χ0) is 16.4. The highest BCUT2D eigenvalue weighted by Crippen LogP contribution is 2.30. The van der Waals surface area contributed by atoms with Crippen molar-refractivity contribution in [2.45, 2.75) is 58.7 Å². The predicted octanol–water partition coefficient (Wildman–Crippen LogP) is 2.19. The third-order valence-electron chi connectivity index (χ3n) is 4.28. The summed E-state index contributed by atoms with van der Waals surface area (Å²) in [5, 5.41) is 14.4. The fourth-order valence-electron chi connectivity index (χ4n) is 3.09. The Balaban J connectivity index is 1.65. The van der Waals surface area contributed by atoms with Crippen LogP contribution in [0.2, 0.25) is 0 Å². The van der Waals surface area contributed by atoms with E-state index in [1.165, 1.54) is 11.3 Å². The molecule has 2 aromatic heterocycles. The number of fused-ring (bicyclic) bond motifs is 1. The lowest BCUT2D eigenvalue weighted by atomic mass is 9.92. The molecule has 0 saturated carbocycles. The second kappa shape index (κ2) is 6.54. The number of anilines is 1. The average Bonchev–Trinajstić information content (AvgIpc) is 3.13. The van der Waals surface area contributed by atoms with Gasteiger partial charge in [0.2, 0.25) is 11.8 Å². The van der Waals surface area contributed by atoms with Gasteiger partial charge in [0.05, 0.1) is 17.9 Å². The molecule has 0 fully saturated rings. The number of rotatable bonds is 5. The fraction of sp³-hybridized carbons (Fsp3) is 0.562. The molecule has 0 aromatic carbocycles. The van der Waals surface area contributed by atoms with Crippen LogP contribution in [0, 0.1) is 6.92 Å². The summed E-state index contributed by atoms with van der Waals surface area (Å²) in [4.78, 5) is 12.3. The molecule has 124 valence electrons. The molecule has 1 amide bonds. The first kappa shape index (κ1) is 15.7. The van der Waals surface area contributed by atoms with Crippen molar-refractivity contribution in [3.8, 4) is 0 Å². The number of nitrogens with one attached hydrogen (secondary N) is 2. The Kier molecular flexibility index (Phi) is 4.47. The summed E-state index contributed by atoms with van der Waals surface area (Å²) in [6, 6.07) is 1.53. The van der Waals surface area contributed by atoms with Gasteiger partial charge in [-0.1, -0.05) is 5.16 Å². The zero-order valence-electron chi connectivity index (χ0n) is 13.8. The summed E-state index contributed by atoms with van der Waals surface area (Å²) < 4.78 is 7.07. The fourth-order valence-corrected chi connectivity index (χ4v) is 3.09. The molecule has 2 atom stereocenters. The quantitative estimate of drug-likeness (QED) is 0.883. The van der Waals surface area contributed by atoms with Gasteiger partial charge in [-0.15, -0.1) is 0 Å². The standard InChI is InChI=1S/C16H23N5O2/c1-4-21-14-7-5-6-13(12(14)9-17-21)18-11(3)16(22)19-15-8-10(2)20-23-15/h8-9,11,13,18H,4-7H2,1-3H3,(H,19,22)/t11-,13+/m1/s1. The molecule has 1 aliphatic carbocycles. The maximum atomic E-state index is 12.3. The molecule has 0 radical (unpaired) electrons. The Morgan fingerprint density at radius 2 is 2.39 bits per heavy atom. The largest absolute Gasteiger partial charge is 0.338 e. The number of aromatic nitrogens is 3. The van der Waals surface area contributed by atoms with Gasteiger partial charge in [0.25, 0.3) is 0 Å². The van der Waals surface area contributed by atoms with Crippen molar-refractivity contribution < 1.29 is 9.32 Å². The van der Waals surface area contributed by atoms with E-state index in [-0.39, 0.29) is 18.0 Å². The van der Waals surface area contributed by atoms with E-state index in [2.05, 4.69) is 27.8 Å². The van der Waals surface area contributed by atoms with E-state index in [0.29, 0.717) is 5.88 Å². The minimum Gasteiger partial charge on any atom is -0.338 e. The van der Waals surface area contributed by atoms with E-state index < -0.39 is 0 Å². The number of carbonyl (C=O) groups is 1. The van der Waals surface area contributed by atoms with E-state index in [0.717, 1.165) is 31.5 Å². The van der Waals surface area contributed by atoms with Crippen LogP contribution in [0.25, 0.3) is 0 Å². The van der Waals surface area contributed by atoms with Crippen LogP contribution in [0.5, 0.6) is 0 Å². The van der Waals surface area contributed by atoms with Crippen molar-refractivity contribution in [1.82, 2.24) is 20.3 Å². The average molecular weight is 317 g/mol. The lowest BCUT2D eigenvalue weighted by Gasteiger charge is -2.26. The van der Waals surface area contributed by atoms with Crippen molar-refractivity contribution in [2.24, 2.45) is 0 Å². The molecule has 2 aromatic rings. The Hall–Kier alpha value is -2.15. The number of hydrogen-bond donors (Lipinski definition) is 2. The lowest BCUT2D eigenvalue weighted by Crippen LogP contribution is -2.41. The molecule has 2 N–H and O–H groups in total. The summed E-state index contributed by atoms with van der Waals surface area (Å²) in [6.45, 7) is 6.65. The first-order valence-electron chi connectivity index (χ1n) is 8.13. The lowest BCUT2D eigenvalue weighted by molar-refractivity contribution is -0.118. The van der Waals surface area contributed by atoms with Gasteiger partial charge < -0.3 is 4.52 Å². The van der Waals surface area contributed by atoms with E-state index >= 15 is 0 Å². The molecule has 0 aliphatic heterocycles. The maximum Gasteiger partial charge on any atom is 0.243 e. The van der Waals surface area contributed by atoms with E-state index in [4.69, 9.17) is 4.52 Å². The van der Waals surface area contributed by atoms with Gasteiger partial charge in [0.1, 0.15) is 0 Å². The van der Waals surface area contributed by atoms with Gasteiger partial charge in [-0.25, -0.2) is 0 Å². The highest BCUT2D eigenvalue weighted by atomic mass is 16.5. The number of carbonyl (C=O) groups excluding carboxylic acids is 1. The van der Waals surface area contributed by atoms with Gasteiger partial charge in [-0.05, 0) is 40.0 Å². The van der Waals surface area contributed by atoms with Crippen LogP contribution in [-0.4, -0.2) is 26.9 Å². The molecular formula is C16H23N5O2.